The van der Waals surface area contributed by atoms with Crippen molar-refractivity contribution in [1.82, 2.24) is 24.5 Å². The number of nitrogen functional groups attached to an aromatic ring is 1. The van der Waals surface area contributed by atoms with Crippen LogP contribution in [0.25, 0.3) is 27.8 Å². The molecule has 3 heterocycles. The summed E-state index contributed by atoms with van der Waals surface area (Å²) in [6.45, 7) is 1.88. The van der Waals surface area contributed by atoms with Gasteiger partial charge in [-0.05, 0) is 30.5 Å². The number of para-hydroxylation sites is 1. The molecule has 5 aromatic rings. The molecule has 0 bridgehead atoms. The average Bonchev–Trinajstić information content (AvgIpc) is 2.93. The lowest BCUT2D eigenvalue weighted by atomic mass is 10.0. The summed E-state index contributed by atoms with van der Waals surface area (Å²) in [7, 11) is 1.54. The molecular weight excluding hydrogens is 468 g/mol. The lowest BCUT2D eigenvalue weighted by Crippen LogP contribution is -2.26. The minimum atomic E-state index is -0.431. The molecule has 0 aliphatic heterocycles. The van der Waals surface area contributed by atoms with E-state index in [0.29, 0.717) is 33.9 Å². The normalized spacial score (nSPS) is 11.6. The van der Waals surface area contributed by atoms with Gasteiger partial charge in [-0.15, -0.1) is 0 Å². The Morgan fingerprint density at radius 3 is 2.51 bits per heavy atom. The zero-order valence-electron chi connectivity index (χ0n) is 20.1. The van der Waals surface area contributed by atoms with Crippen molar-refractivity contribution in [1.29, 1.82) is 5.26 Å². The van der Waals surface area contributed by atoms with Crippen LogP contribution in [0.3, 0.4) is 0 Å². The molecule has 0 aliphatic carbocycles. The number of nitrogens with two attached hydrogens (primary N) is 1. The van der Waals surface area contributed by atoms with Crippen molar-refractivity contribution in [2.24, 2.45) is 0 Å². The van der Waals surface area contributed by atoms with E-state index in [1.54, 1.807) is 24.1 Å². The highest BCUT2D eigenvalue weighted by atomic mass is 16.5. The number of hydrogen-bond donors (Lipinski definition) is 2. The second-order valence-corrected chi connectivity index (χ2v) is 8.23. The van der Waals surface area contributed by atoms with Crippen molar-refractivity contribution in [3.05, 3.63) is 94.8 Å². The average molecular weight is 491 g/mol. The molecule has 0 saturated carbocycles. The van der Waals surface area contributed by atoms with Crippen molar-refractivity contribution >= 4 is 22.5 Å². The maximum atomic E-state index is 14.2. The number of aromatic nitrogens is 5. The van der Waals surface area contributed by atoms with Gasteiger partial charge in [0.15, 0.2) is 11.6 Å². The summed E-state index contributed by atoms with van der Waals surface area (Å²) in [6, 6.07) is 18.5. The summed E-state index contributed by atoms with van der Waals surface area (Å²) in [6.07, 6.45) is 4.50. The van der Waals surface area contributed by atoms with E-state index in [1.807, 2.05) is 61.5 Å². The van der Waals surface area contributed by atoms with Crippen LogP contribution in [-0.2, 0) is 0 Å². The van der Waals surface area contributed by atoms with Crippen LogP contribution in [0.4, 0.5) is 11.8 Å². The molecule has 0 radical (unpaired) electrons. The molecule has 3 aromatic heterocycles. The number of fused-ring (bicyclic) bond motifs is 1. The van der Waals surface area contributed by atoms with E-state index in [4.69, 9.17) is 10.5 Å². The molecule has 0 aliphatic rings. The molecule has 3 N–H and O–H groups in total. The van der Waals surface area contributed by atoms with Gasteiger partial charge in [0.2, 0.25) is 5.95 Å². The molecule has 0 amide bonds. The second kappa shape index (κ2) is 9.75. The van der Waals surface area contributed by atoms with Crippen molar-refractivity contribution in [2.45, 2.75) is 13.0 Å². The van der Waals surface area contributed by atoms with Gasteiger partial charge in [0, 0.05) is 16.9 Å². The Kier molecular flexibility index (Phi) is 6.18. The van der Waals surface area contributed by atoms with Crippen LogP contribution in [0, 0.1) is 11.3 Å². The first-order valence-corrected chi connectivity index (χ1v) is 11.4. The fourth-order valence-electron chi connectivity index (χ4n) is 4.16. The standard InChI is InChI=1S/C27H22N8O2/c1-16(33-24-18(12-28)13-32-27(29)34-24)22-11-17-7-6-10-21(25-30-14-20(37-2)15-31-25)23(17)26(36)35(22)19-8-4-3-5-9-19/h3-11,13-16H,1-2H3,(H3,29,32,33,34)/t16-/m0/s1. The minimum Gasteiger partial charge on any atom is -0.494 e. The Balaban J connectivity index is 1.73. The number of nitrogens with zero attached hydrogens (tertiary/aromatic N) is 6. The smallest absolute Gasteiger partial charge is 0.264 e. The van der Waals surface area contributed by atoms with E-state index < -0.39 is 6.04 Å². The number of ether oxygens (including phenoxy) is 1. The van der Waals surface area contributed by atoms with Gasteiger partial charge < -0.3 is 15.8 Å². The zero-order chi connectivity index (χ0) is 25.9. The number of nitrogens with one attached hydrogen (secondary N) is 1. The molecule has 10 heteroatoms. The van der Waals surface area contributed by atoms with Gasteiger partial charge in [0.05, 0.1) is 37.1 Å². The monoisotopic (exact) mass is 490 g/mol. The van der Waals surface area contributed by atoms with Gasteiger partial charge in [-0.1, -0.05) is 36.4 Å². The van der Waals surface area contributed by atoms with Crippen LogP contribution in [0.1, 0.15) is 24.2 Å². The molecule has 0 spiro atoms. The van der Waals surface area contributed by atoms with Crippen molar-refractivity contribution < 1.29 is 4.74 Å². The van der Waals surface area contributed by atoms with Gasteiger partial charge in [0.25, 0.3) is 5.56 Å². The van der Waals surface area contributed by atoms with E-state index in [0.717, 1.165) is 5.39 Å². The molecule has 0 fully saturated rings. The number of rotatable bonds is 6. The first-order valence-electron chi connectivity index (χ1n) is 11.4. The Hall–Kier alpha value is -5.30. The first-order chi connectivity index (χ1) is 18.0. The SMILES string of the molecule is COc1cnc(-c2cccc3cc([C@H](C)Nc4nc(N)ncc4C#N)n(-c4ccccc4)c(=O)c23)nc1. The van der Waals surface area contributed by atoms with Gasteiger partial charge in [-0.3, -0.25) is 9.36 Å². The Morgan fingerprint density at radius 2 is 1.81 bits per heavy atom. The maximum Gasteiger partial charge on any atom is 0.264 e. The highest BCUT2D eigenvalue weighted by Gasteiger charge is 2.20. The Bertz CT molecular complexity index is 1690. The van der Waals surface area contributed by atoms with Crippen LogP contribution >= 0.6 is 0 Å². The number of hydrogen-bond acceptors (Lipinski definition) is 9. The highest BCUT2D eigenvalue weighted by Crippen LogP contribution is 2.29. The molecule has 0 saturated heterocycles. The van der Waals surface area contributed by atoms with Crippen LogP contribution in [-0.4, -0.2) is 31.6 Å². The highest BCUT2D eigenvalue weighted by molar-refractivity contribution is 5.95. The summed E-state index contributed by atoms with van der Waals surface area (Å²) < 4.78 is 6.82. The van der Waals surface area contributed by atoms with Crippen LogP contribution in [0.15, 0.2) is 78.0 Å². The van der Waals surface area contributed by atoms with Gasteiger partial charge in [0.1, 0.15) is 17.5 Å². The topological polar surface area (TPSA) is 145 Å². The molecule has 37 heavy (non-hydrogen) atoms. The Morgan fingerprint density at radius 1 is 1.05 bits per heavy atom. The van der Waals surface area contributed by atoms with Crippen LogP contribution in [0.2, 0.25) is 0 Å². The van der Waals surface area contributed by atoms with Gasteiger partial charge in [-0.25, -0.2) is 15.0 Å². The summed E-state index contributed by atoms with van der Waals surface area (Å²) >= 11 is 0. The summed E-state index contributed by atoms with van der Waals surface area (Å²) in [5.41, 5.74) is 7.73. The maximum absolute atomic E-state index is 14.2. The van der Waals surface area contributed by atoms with E-state index in [1.165, 1.54) is 6.20 Å². The number of anilines is 2. The zero-order valence-corrected chi connectivity index (χ0v) is 20.1. The molecule has 0 unspecified atom stereocenters. The largest absolute Gasteiger partial charge is 0.494 e. The molecule has 1 atom stereocenters. The molecular formula is C27H22N8O2. The van der Waals surface area contributed by atoms with E-state index in [2.05, 4.69) is 31.3 Å². The third-order valence-electron chi connectivity index (χ3n) is 5.92. The molecule has 182 valence electrons. The fourth-order valence-corrected chi connectivity index (χ4v) is 4.16. The number of benzene rings is 2. The predicted molar refractivity (Wildman–Crippen MR) is 140 cm³/mol. The third-order valence-corrected chi connectivity index (χ3v) is 5.92. The summed E-state index contributed by atoms with van der Waals surface area (Å²) in [5, 5.41) is 13.9. The second-order valence-electron chi connectivity index (χ2n) is 8.23. The quantitative estimate of drug-likeness (QED) is 0.362. The van der Waals surface area contributed by atoms with Gasteiger partial charge >= 0.3 is 0 Å². The predicted octanol–water partition coefficient (Wildman–Crippen LogP) is 3.87. The van der Waals surface area contributed by atoms with E-state index in [9.17, 15) is 10.1 Å². The van der Waals surface area contributed by atoms with Crippen LogP contribution < -0.4 is 21.3 Å². The molecule has 5 rings (SSSR count). The van der Waals surface area contributed by atoms with Gasteiger partial charge in [-0.2, -0.15) is 10.2 Å². The first kappa shape index (κ1) is 23.4. The summed E-state index contributed by atoms with van der Waals surface area (Å²) in [5.74, 6) is 1.26. The third kappa shape index (κ3) is 4.41. The number of nitriles is 1. The minimum absolute atomic E-state index is 0.0387. The lowest BCUT2D eigenvalue weighted by molar-refractivity contribution is 0.411. The number of methoxy groups -OCH3 is 1. The van der Waals surface area contributed by atoms with Crippen molar-refractivity contribution in [3.8, 4) is 28.9 Å². The Labute approximate surface area is 212 Å². The summed E-state index contributed by atoms with van der Waals surface area (Å²) in [4.78, 5) is 31.0. The van der Waals surface area contributed by atoms with E-state index in [-0.39, 0.29) is 22.9 Å². The van der Waals surface area contributed by atoms with Crippen LogP contribution in [0.5, 0.6) is 5.75 Å². The molecule has 10 nitrogen and oxygen atoms in total. The number of pyridine rings is 1. The van der Waals surface area contributed by atoms with E-state index >= 15 is 0 Å². The van der Waals surface area contributed by atoms with Crippen molar-refractivity contribution in [3.63, 3.8) is 0 Å². The molecule has 2 aromatic carbocycles. The van der Waals surface area contributed by atoms with Crippen molar-refractivity contribution in [2.75, 3.05) is 18.2 Å². The lowest BCUT2D eigenvalue weighted by Gasteiger charge is -2.22. The fraction of sp³-hybridized carbons (Fsp3) is 0.111.